The molecule has 6 heteroatoms. The summed E-state index contributed by atoms with van der Waals surface area (Å²) < 4.78 is 0. The first-order chi connectivity index (χ1) is 17.5. The average molecular weight is 501 g/mol. The number of aryl methyl sites for hydroxylation is 1. The molecule has 1 aromatic carbocycles. The number of rotatable bonds is 3. The quantitative estimate of drug-likeness (QED) is 0.443. The van der Waals surface area contributed by atoms with Crippen molar-refractivity contribution in [1.82, 2.24) is 19.8 Å². The number of hydrogen-bond donors (Lipinski definition) is 0. The van der Waals surface area contributed by atoms with E-state index < -0.39 is 0 Å². The molecule has 4 bridgehead atoms. The summed E-state index contributed by atoms with van der Waals surface area (Å²) in [7, 11) is 0. The number of amides is 1. The van der Waals surface area contributed by atoms with Crippen molar-refractivity contribution < 1.29 is 4.79 Å². The molecule has 5 aliphatic rings. The number of carbonyl (C=O) groups excluding carboxylic acids is 1. The number of pyridine rings is 2. The van der Waals surface area contributed by atoms with E-state index in [9.17, 15) is 4.79 Å². The highest BCUT2D eigenvalue weighted by Crippen LogP contribution is 2.57. The Morgan fingerprint density at radius 2 is 1.58 bits per heavy atom. The Morgan fingerprint density at radius 3 is 2.22 bits per heavy atom. The Hall–Kier alpha value is -2.50. The normalized spacial score (nSPS) is 29.7. The Bertz CT molecular complexity index is 1300. The topological polar surface area (TPSA) is 49.3 Å². The summed E-state index contributed by atoms with van der Waals surface area (Å²) >= 11 is 6.46. The lowest BCUT2D eigenvalue weighted by Crippen LogP contribution is -2.64. The molecule has 8 rings (SSSR count). The van der Waals surface area contributed by atoms with Crippen molar-refractivity contribution in [2.45, 2.75) is 51.0 Å². The minimum atomic E-state index is 0.101. The maximum absolute atomic E-state index is 14.0. The van der Waals surface area contributed by atoms with Crippen LogP contribution in [0.2, 0.25) is 5.02 Å². The van der Waals surface area contributed by atoms with Crippen LogP contribution in [-0.2, 0) is 0 Å². The standard InChI is InChI=1S/C30H33ClN4O/c1-19-26(31)3-2-24-25(15-27(33-28(19)24)23-4-6-32-7-5-23)29(36)34-8-10-35(11-9-34)30-16-20-12-21(17-30)14-22(13-20)18-30/h2-7,15,20-22H,8-14,16-18H2,1H3. The van der Waals surface area contributed by atoms with Crippen molar-refractivity contribution in [2.75, 3.05) is 26.2 Å². The number of halogens is 1. The van der Waals surface area contributed by atoms with Gasteiger partial charge in [0.25, 0.3) is 5.91 Å². The Labute approximate surface area is 217 Å². The highest BCUT2D eigenvalue weighted by atomic mass is 35.5. The van der Waals surface area contributed by atoms with Crippen LogP contribution in [0.1, 0.15) is 54.4 Å². The van der Waals surface area contributed by atoms with E-state index in [-0.39, 0.29) is 5.91 Å². The third kappa shape index (κ3) is 3.66. The van der Waals surface area contributed by atoms with Crippen molar-refractivity contribution in [3.8, 4) is 11.3 Å². The van der Waals surface area contributed by atoms with Crippen LogP contribution in [0, 0.1) is 24.7 Å². The predicted octanol–water partition coefficient (Wildman–Crippen LogP) is 5.99. The first-order valence-electron chi connectivity index (χ1n) is 13.5. The van der Waals surface area contributed by atoms with Gasteiger partial charge in [-0.05, 0) is 93.0 Å². The van der Waals surface area contributed by atoms with Gasteiger partial charge in [-0.15, -0.1) is 0 Å². The molecular weight excluding hydrogens is 468 g/mol. The first-order valence-corrected chi connectivity index (χ1v) is 13.9. The third-order valence-corrected chi connectivity index (χ3v) is 10.0. The molecule has 4 saturated carbocycles. The SMILES string of the molecule is Cc1c(Cl)ccc2c(C(=O)N3CCN(C45CC6CC(CC(C6)C4)C5)CC3)cc(-c3ccncc3)nc12. The monoisotopic (exact) mass is 500 g/mol. The van der Waals surface area contributed by atoms with E-state index in [4.69, 9.17) is 16.6 Å². The van der Waals surface area contributed by atoms with Gasteiger partial charge in [-0.3, -0.25) is 14.7 Å². The largest absolute Gasteiger partial charge is 0.336 e. The van der Waals surface area contributed by atoms with Gasteiger partial charge < -0.3 is 4.90 Å². The molecule has 0 N–H and O–H groups in total. The number of hydrogen-bond acceptors (Lipinski definition) is 4. The Balaban J connectivity index is 1.18. The van der Waals surface area contributed by atoms with Gasteiger partial charge in [0.15, 0.2) is 0 Å². The summed E-state index contributed by atoms with van der Waals surface area (Å²) in [4.78, 5) is 27.9. The van der Waals surface area contributed by atoms with Gasteiger partial charge in [-0.25, -0.2) is 4.98 Å². The zero-order chi connectivity index (χ0) is 24.4. The zero-order valence-corrected chi connectivity index (χ0v) is 21.7. The molecular formula is C30H33ClN4O. The Kier molecular flexibility index (Phi) is 5.37. The summed E-state index contributed by atoms with van der Waals surface area (Å²) in [6, 6.07) is 9.67. The van der Waals surface area contributed by atoms with Gasteiger partial charge in [0.2, 0.25) is 0 Å². The lowest BCUT2D eigenvalue weighted by Gasteiger charge is -2.61. The van der Waals surface area contributed by atoms with Crippen LogP contribution in [0.5, 0.6) is 0 Å². The number of aromatic nitrogens is 2. The van der Waals surface area contributed by atoms with Gasteiger partial charge in [0.05, 0.1) is 16.8 Å². The number of carbonyl (C=O) groups is 1. The summed E-state index contributed by atoms with van der Waals surface area (Å²) in [6.45, 7) is 5.54. The van der Waals surface area contributed by atoms with Gasteiger partial charge in [-0.2, -0.15) is 0 Å². The van der Waals surface area contributed by atoms with E-state index in [0.29, 0.717) is 10.6 Å². The second-order valence-corrected chi connectivity index (χ2v) is 12.2. The fourth-order valence-corrected chi connectivity index (χ4v) is 8.41. The minimum Gasteiger partial charge on any atom is -0.336 e. The number of piperazine rings is 1. The number of benzene rings is 1. The van der Waals surface area contributed by atoms with E-state index in [2.05, 4.69) is 14.8 Å². The molecule has 2 aromatic heterocycles. The maximum atomic E-state index is 14.0. The van der Waals surface area contributed by atoms with Crippen LogP contribution in [-0.4, -0.2) is 57.4 Å². The van der Waals surface area contributed by atoms with Crippen LogP contribution < -0.4 is 0 Å². The smallest absolute Gasteiger partial charge is 0.254 e. The fourth-order valence-electron chi connectivity index (χ4n) is 8.26. The summed E-state index contributed by atoms with van der Waals surface area (Å²) in [5.74, 6) is 2.94. The molecule has 0 atom stereocenters. The van der Waals surface area contributed by atoms with E-state index in [0.717, 1.165) is 77.2 Å². The van der Waals surface area contributed by atoms with Crippen molar-refractivity contribution >= 4 is 28.4 Å². The van der Waals surface area contributed by atoms with Crippen LogP contribution in [0.25, 0.3) is 22.2 Å². The molecule has 1 saturated heterocycles. The predicted molar refractivity (Wildman–Crippen MR) is 143 cm³/mol. The first kappa shape index (κ1) is 22.7. The van der Waals surface area contributed by atoms with Crippen LogP contribution in [0.3, 0.4) is 0 Å². The molecule has 3 heterocycles. The number of nitrogens with zero attached hydrogens (tertiary/aromatic N) is 4. The molecule has 0 radical (unpaired) electrons. The fraction of sp³-hybridized carbons (Fsp3) is 0.500. The lowest BCUT2D eigenvalue weighted by atomic mass is 9.52. The highest BCUT2D eigenvalue weighted by Gasteiger charge is 2.53. The minimum absolute atomic E-state index is 0.101. The van der Waals surface area contributed by atoms with Crippen LogP contribution in [0.15, 0.2) is 42.7 Å². The van der Waals surface area contributed by atoms with E-state index in [1.54, 1.807) is 12.4 Å². The molecule has 36 heavy (non-hydrogen) atoms. The second-order valence-electron chi connectivity index (χ2n) is 11.8. The van der Waals surface area contributed by atoms with Gasteiger partial charge in [-0.1, -0.05) is 17.7 Å². The molecule has 4 aliphatic carbocycles. The van der Waals surface area contributed by atoms with Gasteiger partial charge >= 0.3 is 0 Å². The van der Waals surface area contributed by atoms with Crippen molar-refractivity contribution in [3.63, 3.8) is 0 Å². The van der Waals surface area contributed by atoms with E-state index in [1.165, 1.54) is 38.5 Å². The average Bonchev–Trinajstić information content (AvgIpc) is 2.90. The third-order valence-electron chi connectivity index (χ3n) is 9.62. The Morgan fingerprint density at radius 1 is 0.944 bits per heavy atom. The molecule has 5 fully saturated rings. The van der Waals surface area contributed by atoms with Crippen LogP contribution >= 0.6 is 11.6 Å². The zero-order valence-electron chi connectivity index (χ0n) is 20.9. The molecule has 0 unspecified atom stereocenters. The summed E-state index contributed by atoms with van der Waals surface area (Å²) in [6.07, 6.45) is 12.1. The molecule has 186 valence electrons. The highest BCUT2D eigenvalue weighted by molar-refractivity contribution is 6.32. The second kappa shape index (κ2) is 8.53. The maximum Gasteiger partial charge on any atom is 0.254 e. The van der Waals surface area contributed by atoms with Gasteiger partial charge in [0, 0.05) is 60.1 Å². The molecule has 3 aromatic rings. The summed E-state index contributed by atoms with van der Waals surface area (Å²) in [5, 5.41) is 1.55. The molecule has 5 nitrogen and oxygen atoms in total. The van der Waals surface area contributed by atoms with Crippen molar-refractivity contribution in [3.05, 3.63) is 58.9 Å². The molecule has 1 aliphatic heterocycles. The van der Waals surface area contributed by atoms with Crippen molar-refractivity contribution in [2.24, 2.45) is 17.8 Å². The molecule has 0 spiro atoms. The summed E-state index contributed by atoms with van der Waals surface area (Å²) in [5.41, 5.74) is 4.57. The van der Waals surface area contributed by atoms with Crippen molar-refractivity contribution in [1.29, 1.82) is 0 Å². The number of fused-ring (bicyclic) bond motifs is 1. The van der Waals surface area contributed by atoms with Gasteiger partial charge in [0.1, 0.15) is 0 Å². The lowest BCUT2D eigenvalue weighted by molar-refractivity contribution is -0.0987. The molecule has 1 amide bonds. The van der Waals surface area contributed by atoms with Crippen LogP contribution in [0.4, 0.5) is 0 Å². The van der Waals surface area contributed by atoms with E-state index >= 15 is 0 Å². The van der Waals surface area contributed by atoms with E-state index in [1.807, 2.05) is 37.3 Å².